The lowest BCUT2D eigenvalue weighted by molar-refractivity contribution is -0.142. The quantitative estimate of drug-likeness (QED) is 0.702. The van der Waals surface area contributed by atoms with Crippen molar-refractivity contribution in [3.63, 3.8) is 0 Å². The molecule has 1 aromatic carbocycles. The number of anilines is 1. The maximum atomic E-state index is 12.0. The number of nitrogen functional groups attached to an aromatic ring is 1. The number of hydrogen-bond acceptors (Lipinski definition) is 3. The van der Waals surface area contributed by atoms with Gasteiger partial charge in [0.05, 0.1) is 11.5 Å². The third-order valence-electron chi connectivity index (χ3n) is 3.36. The smallest absolute Gasteiger partial charge is 0.308 e. The Bertz CT molecular complexity index is 473. The van der Waals surface area contributed by atoms with Crippen LogP contribution < -0.4 is 11.1 Å². The van der Waals surface area contributed by atoms with Gasteiger partial charge in [-0.15, -0.1) is 0 Å². The van der Waals surface area contributed by atoms with Crippen LogP contribution in [0, 0.1) is 5.92 Å². The molecule has 1 saturated carbocycles. The number of amides is 1. The first-order valence-corrected chi connectivity index (χ1v) is 5.98. The SMILES string of the molecule is Nc1ccccc1C(=O)NC1CCCC1C(=O)O. The first-order valence-electron chi connectivity index (χ1n) is 5.98. The molecular weight excluding hydrogens is 232 g/mol. The first kappa shape index (κ1) is 12.4. The molecule has 5 heteroatoms. The third kappa shape index (κ3) is 2.45. The molecule has 0 saturated heterocycles. The topological polar surface area (TPSA) is 92.4 Å². The molecule has 96 valence electrons. The van der Waals surface area contributed by atoms with Gasteiger partial charge in [0.1, 0.15) is 0 Å². The molecule has 1 aliphatic rings. The number of carbonyl (C=O) groups is 2. The maximum Gasteiger partial charge on any atom is 0.308 e. The molecule has 1 fully saturated rings. The average molecular weight is 248 g/mol. The van der Waals surface area contributed by atoms with Crippen LogP contribution in [0.2, 0.25) is 0 Å². The Balaban J connectivity index is 2.08. The van der Waals surface area contributed by atoms with Crippen LogP contribution in [0.4, 0.5) is 5.69 Å². The number of rotatable bonds is 3. The molecule has 0 heterocycles. The lowest BCUT2D eigenvalue weighted by Gasteiger charge is -2.18. The summed E-state index contributed by atoms with van der Waals surface area (Å²) in [5, 5.41) is 11.8. The molecule has 2 unspecified atom stereocenters. The van der Waals surface area contributed by atoms with Crippen LogP contribution in [0.25, 0.3) is 0 Å². The van der Waals surface area contributed by atoms with E-state index in [2.05, 4.69) is 5.32 Å². The number of carboxylic acid groups (broad SMARTS) is 1. The molecule has 0 spiro atoms. The second-order valence-electron chi connectivity index (χ2n) is 4.54. The molecule has 1 aromatic rings. The molecule has 1 amide bonds. The molecule has 2 atom stereocenters. The van der Waals surface area contributed by atoms with Crippen molar-refractivity contribution < 1.29 is 14.7 Å². The summed E-state index contributed by atoms with van der Waals surface area (Å²) >= 11 is 0. The molecule has 2 rings (SSSR count). The minimum Gasteiger partial charge on any atom is -0.481 e. The van der Waals surface area contributed by atoms with Crippen LogP contribution in [-0.4, -0.2) is 23.0 Å². The van der Waals surface area contributed by atoms with Crippen LogP contribution in [0.1, 0.15) is 29.6 Å². The third-order valence-corrected chi connectivity index (χ3v) is 3.36. The van der Waals surface area contributed by atoms with E-state index in [0.29, 0.717) is 24.1 Å². The van der Waals surface area contributed by atoms with Crippen molar-refractivity contribution in [2.45, 2.75) is 25.3 Å². The second-order valence-corrected chi connectivity index (χ2v) is 4.54. The van der Waals surface area contributed by atoms with Gasteiger partial charge >= 0.3 is 5.97 Å². The molecule has 0 radical (unpaired) electrons. The molecular formula is C13H16N2O3. The molecule has 0 aromatic heterocycles. The van der Waals surface area contributed by atoms with Crippen molar-refractivity contribution in [2.24, 2.45) is 5.92 Å². The van der Waals surface area contributed by atoms with Crippen LogP contribution in [0.15, 0.2) is 24.3 Å². The average Bonchev–Trinajstić information content (AvgIpc) is 2.77. The molecule has 5 nitrogen and oxygen atoms in total. The van der Waals surface area contributed by atoms with E-state index < -0.39 is 11.9 Å². The van der Waals surface area contributed by atoms with Gasteiger partial charge in [0, 0.05) is 11.7 Å². The minimum absolute atomic E-state index is 0.297. The number of nitrogens with two attached hydrogens (primary N) is 1. The lowest BCUT2D eigenvalue weighted by atomic mass is 10.0. The summed E-state index contributed by atoms with van der Waals surface area (Å²) in [6.45, 7) is 0. The van der Waals surface area contributed by atoms with Crippen LogP contribution >= 0.6 is 0 Å². The minimum atomic E-state index is -0.848. The Kier molecular flexibility index (Phi) is 3.50. The zero-order valence-electron chi connectivity index (χ0n) is 9.93. The normalized spacial score (nSPS) is 22.7. The standard InChI is InChI=1S/C13H16N2O3/c14-10-6-2-1-4-8(10)12(16)15-11-7-3-5-9(11)13(17)18/h1-2,4,6,9,11H,3,5,7,14H2,(H,15,16)(H,17,18). The highest BCUT2D eigenvalue weighted by Gasteiger charge is 2.34. The van der Waals surface area contributed by atoms with Crippen LogP contribution in [-0.2, 0) is 4.79 Å². The molecule has 0 bridgehead atoms. The number of aliphatic carboxylic acids is 1. The number of hydrogen-bond donors (Lipinski definition) is 3. The van der Waals surface area contributed by atoms with Crippen LogP contribution in [0.5, 0.6) is 0 Å². The molecule has 18 heavy (non-hydrogen) atoms. The van der Waals surface area contributed by atoms with E-state index >= 15 is 0 Å². The summed E-state index contributed by atoms with van der Waals surface area (Å²) in [6, 6.07) is 6.47. The summed E-state index contributed by atoms with van der Waals surface area (Å²) < 4.78 is 0. The monoisotopic (exact) mass is 248 g/mol. The zero-order valence-corrected chi connectivity index (χ0v) is 9.93. The number of benzene rings is 1. The van der Waals surface area contributed by atoms with Gasteiger partial charge in [-0.05, 0) is 25.0 Å². The van der Waals surface area contributed by atoms with Crippen molar-refractivity contribution in [2.75, 3.05) is 5.73 Å². The van der Waals surface area contributed by atoms with Gasteiger partial charge in [0.25, 0.3) is 5.91 Å². The first-order chi connectivity index (χ1) is 8.59. The molecule has 0 aliphatic heterocycles. The fraction of sp³-hybridized carbons (Fsp3) is 0.385. The largest absolute Gasteiger partial charge is 0.481 e. The highest BCUT2D eigenvalue weighted by atomic mass is 16.4. The van der Waals surface area contributed by atoms with Gasteiger partial charge in [-0.2, -0.15) is 0 Å². The summed E-state index contributed by atoms with van der Waals surface area (Å²) in [4.78, 5) is 23.0. The van der Waals surface area contributed by atoms with Crippen molar-refractivity contribution in [3.8, 4) is 0 Å². The van der Waals surface area contributed by atoms with Gasteiger partial charge < -0.3 is 16.2 Å². The number of nitrogens with one attached hydrogen (secondary N) is 1. The zero-order chi connectivity index (χ0) is 13.1. The molecule has 1 aliphatic carbocycles. The van der Waals surface area contributed by atoms with Crippen LogP contribution in [0.3, 0.4) is 0 Å². The Morgan fingerprint density at radius 2 is 2.00 bits per heavy atom. The Morgan fingerprint density at radius 3 is 2.67 bits per heavy atom. The van der Waals surface area contributed by atoms with Gasteiger partial charge in [-0.25, -0.2) is 0 Å². The van der Waals surface area contributed by atoms with Gasteiger partial charge in [0.2, 0.25) is 0 Å². The predicted octanol–water partition coefficient (Wildman–Crippen LogP) is 1.25. The Labute approximate surface area is 105 Å². The van der Waals surface area contributed by atoms with Crippen molar-refractivity contribution in [3.05, 3.63) is 29.8 Å². The number of carboxylic acids is 1. The van der Waals surface area contributed by atoms with E-state index in [9.17, 15) is 9.59 Å². The van der Waals surface area contributed by atoms with Crippen molar-refractivity contribution in [1.82, 2.24) is 5.32 Å². The Hall–Kier alpha value is -2.04. The predicted molar refractivity (Wildman–Crippen MR) is 67.1 cm³/mol. The Morgan fingerprint density at radius 1 is 1.28 bits per heavy atom. The highest BCUT2D eigenvalue weighted by molar-refractivity contribution is 5.99. The maximum absolute atomic E-state index is 12.0. The van der Waals surface area contributed by atoms with E-state index in [4.69, 9.17) is 10.8 Å². The summed E-state index contributed by atoms with van der Waals surface area (Å²) in [7, 11) is 0. The summed E-state index contributed by atoms with van der Waals surface area (Å²) in [5.41, 5.74) is 6.51. The van der Waals surface area contributed by atoms with Gasteiger partial charge in [-0.3, -0.25) is 9.59 Å². The number of carbonyl (C=O) groups excluding carboxylic acids is 1. The number of para-hydroxylation sites is 1. The fourth-order valence-corrected chi connectivity index (χ4v) is 2.38. The van der Waals surface area contributed by atoms with E-state index in [0.717, 1.165) is 6.42 Å². The lowest BCUT2D eigenvalue weighted by Crippen LogP contribution is -2.40. The van der Waals surface area contributed by atoms with E-state index in [-0.39, 0.29) is 11.9 Å². The second kappa shape index (κ2) is 5.08. The fourth-order valence-electron chi connectivity index (χ4n) is 2.38. The summed E-state index contributed by atoms with van der Waals surface area (Å²) in [5.74, 6) is -1.64. The highest BCUT2D eigenvalue weighted by Crippen LogP contribution is 2.26. The van der Waals surface area contributed by atoms with Crippen molar-refractivity contribution in [1.29, 1.82) is 0 Å². The van der Waals surface area contributed by atoms with Crippen molar-refractivity contribution >= 4 is 17.6 Å². The van der Waals surface area contributed by atoms with E-state index in [1.54, 1.807) is 24.3 Å². The summed E-state index contributed by atoms with van der Waals surface area (Å²) in [6.07, 6.45) is 2.15. The van der Waals surface area contributed by atoms with Gasteiger partial charge in [-0.1, -0.05) is 18.6 Å². The van der Waals surface area contributed by atoms with E-state index in [1.165, 1.54) is 0 Å². The van der Waals surface area contributed by atoms with E-state index in [1.807, 2.05) is 0 Å². The molecule has 4 N–H and O–H groups in total. The van der Waals surface area contributed by atoms with Gasteiger partial charge in [0.15, 0.2) is 0 Å².